The number of carbonyl (C=O) groups excluding carboxylic acids is 1. The molecule has 0 atom stereocenters. The number of nitrogens with zero attached hydrogens (tertiary/aromatic N) is 3. The van der Waals surface area contributed by atoms with Gasteiger partial charge in [0.15, 0.2) is 0 Å². The minimum absolute atomic E-state index is 0.0839. The quantitative estimate of drug-likeness (QED) is 0.633. The summed E-state index contributed by atoms with van der Waals surface area (Å²) < 4.78 is 26.6. The van der Waals surface area contributed by atoms with Gasteiger partial charge in [-0.3, -0.25) is 14.6 Å². The molecule has 142 valence electrons. The van der Waals surface area contributed by atoms with Crippen LogP contribution in [0.4, 0.5) is 0 Å². The van der Waals surface area contributed by atoms with Crippen molar-refractivity contribution in [1.82, 2.24) is 30.0 Å². The van der Waals surface area contributed by atoms with E-state index < -0.39 is 10.0 Å². The molecule has 2 aromatic heterocycles. The van der Waals surface area contributed by atoms with Gasteiger partial charge in [-0.15, -0.1) is 0 Å². The number of carbonyl (C=O) groups is 1. The molecule has 0 saturated heterocycles. The highest BCUT2D eigenvalue weighted by Crippen LogP contribution is 2.25. The lowest BCUT2D eigenvalue weighted by molar-refractivity contribution is 0.0953. The summed E-state index contributed by atoms with van der Waals surface area (Å²) in [4.78, 5) is 12.2. The molecule has 0 fully saturated rings. The molecule has 0 aliphatic carbocycles. The van der Waals surface area contributed by atoms with E-state index in [1.54, 1.807) is 6.07 Å². The van der Waals surface area contributed by atoms with Crippen LogP contribution in [0, 0.1) is 13.8 Å². The predicted octanol–water partition coefficient (Wildman–Crippen LogP) is 1.09. The Hall–Kier alpha value is -2.46. The van der Waals surface area contributed by atoms with Crippen molar-refractivity contribution in [2.45, 2.75) is 33.7 Å². The summed E-state index contributed by atoms with van der Waals surface area (Å²) in [6, 6.07) is 1.66. The van der Waals surface area contributed by atoms with E-state index in [1.165, 1.54) is 13.1 Å². The molecule has 10 heteroatoms. The van der Waals surface area contributed by atoms with E-state index in [1.807, 2.05) is 18.5 Å². The van der Waals surface area contributed by atoms with Crippen LogP contribution in [-0.4, -0.2) is 47.9 Å². The Morgan fingerprint density at radius 3 is 2.77 bits per heavy atom. The molecule has 2 rings (SSSR count). The van der Waals surface area contributed by atoms with E-state index in [4.69, 9.17) is 0 Å². The van der Waals surface area contributed by atoms with Crippen LogP contribution in [0.25, 0.3) is 11.3 Å². The molecule has 0 aromatic carbocycles. The molecule has 0 aliphatic heterocycles. The first-order chi connectivity index (χ1) is 12.3. The molecule has 0 bridgehead atoms. The van der Waals surface area contributed by atoms with E-state index in [-0.39, 0.29) is 12.5 Å². The number of H-pyrrole nitrogens is 1. The minimum atomic E-state index is -3.44. The minimum Gasteiger partial charge on any atom is -0.347 e. The van der Waals surface area contributed by atoms with Crippen molar-refractivity contribution >= 4 is 15.9 Å². The zero-order valence-corrected chi connectivity index (χ0v) is 16.1. The lowest BCUT2D eigenvalue weighted by Gasteiger charge is -2.01. The first-order valence-corrected chi connectivity index (χ1v) is 9.81. The molecule has 0 radical (unpaired) electrons. The molecule has 2 aromatic rings. The molecule has 0 saturated carbocycles. The van der Waals surface area contributed by atoms with Gasteiger partial charge in [0.2, 0.25) is 10.0 Å². The summed E-state index contributed by atoms with van der Waals surface area (Å²) in [5, 5.41) is 15.1. The maximum atomic E-state index is 12.2. The summed E-state index contributed by atoms with van der Waals surface area (Å²) in [5.74, 6) is -0.369. The van der Waals surface area contributed by atoms with Gasteiger partial charge in [-0.05, 0) is 33.4 Å². The first-order valence-electron chi connectivity index (χ1n) is 8.27. The second-order valence-corrected chi connectivity index (χ2v) is 7.54. The van der Waals surface area contributed by atoms with Gasteiger partial charge in [0, 0.05) is 29.8 Å². The number of sulfonamides is 1. The lowest BCUT2D eigenvalue weighted by Crippen LogP contribution is -2.24. The smallest absolute Gasteiger partial charge is 0.269 e. The van der Waals surface area contributed by atoms with Crippen molar-refractivity contribution in [2.75, 3.05) is 13.6 Å². The van der Waals surface area contributed by atoms with Crippen molar-refractivity contribution in [1.29, 1.82) is 0 Å². The molecule has 26 heavy (non-hydrogen) atoms. The molecular formula is C16H24N6O3S. The average Bonchev–Trinajstić information content (AvgIpc) is 3.17. The van der Waals surface area contributed by atoms with E-state index >= 15 is 0 Å². The van der Waals surface area contributed by atoms with Crippen LogP contribution in [0.15, 0.2) is 17.6 Å². The fraction of sp³-hybridized carbons (Fsp3) is 0.438. The van der Waals surface area contributed by atoms with E-state index in [2.05, 4.69) is 32.3 Å². The third-order valence-corrected chi connectivity index (χ3v) is 4.96. The topological polar surface area (TPSA) is 122 Å². The van der Waals surface area contributed by atoms with Gasteiger partial charge < -0.3 is 5.32 Å². The van der Waals surface area contributed by atoms with Crippen molar-refractivity contribution in [3.63, 3.8) is 0 Å². The normalized spacial score (nSPS) is 12.0. The van der Waals surface area contributed by atoms with Gasteiger partial charge >= 0.3 is 0 Å². The van der Waals surface area contributed by atoms with Crippen molar-refractivity contribution in [3.8, 4) is 11.3 Å². The summed E-state index contributed by atoms with van der Waals surface area (Å²) >= 11 is 0. The van der Waals surface area contributed by atoms with Crippen LogP contribution in [0.2, 0.25) is 0 Å². The van der Waals surface area contributed by atoms with Crippen LogP contribution < -0.4 is 10.0 Å². The molecule has 9 nitrogen and oxygen atoms in total. The van der Waals surface area contributed by atoms with Crippen molar-refractivity contribution in [3.05, 3.63) is 34.6 Å². The maximum Gasteiger partial charge on any atom is 0.269 e. The Bertz CT molecular complexity index is 911. The third-order valence-electron chi connectivity index (χ3n) is 3.84. The number of aromatic amines is 1. The number of aryl methyl sites for hydroxylation is 2. The van der Waals surface area contributed by atoms with E-state index in [0.29, 0.717) is 11.4 Å². The molecule has 0 unspecified atom stereocenters. The molecular weight excluding hydrogens is 356 g/mol. The monoisotopic (exact) mass is 380 g/mol. The zero-order valence-electron chi connectivity index (χ0n) is 15.3. The summed E-state index contributed by atoms with van der Waals surface area (Å²) in [5.41, 5.74) is 3.72. The summed E-state index contributed by atoms with van der Waals surface area (Å²) in [6.07, 6.45) is 2.33. The van der Waals surface area contributed by atoms with Crippen molar-refractivity contribution < 1.29 is 13.2 Å². The first kappa shape index (κ1) is 19.9. The van der Waals surface area contributed by atoms with Gasteiger partial charge in [0.25, 0.3) is 5.91 Å². The predicted molar refractivity (Wildman–Crippen MR) is 99.0 cm³/mol. The second kappa shape index (κ2) is 8.28. The van der Waals surface area contributed by atoms with Gasteiger partial charge in [-0.2, -0.15) is 10.2 Å². The number of amides is 1. The SMILES string of the molecule is CCCn1nc(C)c(-c2cc(C(=O)NCC=CS(=O)(=O)NC)[nH]n2)c1C. The van der Waals surface area contributed by atoms with E-state index in [0.717, 1.165) is 35.3 Å². The van der Waals surface area contributed by atoms with Crippen molar-refractivity contribution in [2.24, 2.45) is 0 Å². The molecule has 0 aliphatic rings. The Kier molecular flexibility index (Phi) is 6.32. The highest BCUT2D eigenvalue weighted by Gasteiger charge is 2.17. The number of aromatic nitrogens is 4. The average molecular weight is 380 g/mol. The number of hydrogen-bond donors (Lipinski definition) is 3. The molecule has 2 heterocycles. The van der Waals surface area contributed by atoms with Gasteiger partial charge in [0.05, 0.1) is 11.4 Å². The standard InChI is InChI=1S/C16H24N6O3S/c1-5-8-22-12(3)15(11(2)21-22)13-10-14(20-19-13)16(23)18-7-6-9-26(24,25)17-4/h6,9-10,17H,5,7-8H2,1-4H3,(H,18,23)(H,19,20). The molecule has 0 spiro atoms. The Labute approximate surface area is 152 Å². The van der Waals surface area contributed by atoms with E-state index in [9.17, 15) is 13.2 Å². The van der Waals surface area contributed by atoms with Gasteiger partial charge in [-0.1, -0.05) is 13.0 Å². The summed E-state index contributed by atoms with van der Waals surface area (Å²) in [6.45, 7) is 6.89. The Morgan fingerprint density at radius 2 is 2.12 bits per heavy atom. The number of nitrogens with one attached hydrogen (secondary N) is 3. The van der Waals surface area contributed by atoms with Gasteiger partial charge in [0.1, 0.15) is 5.69 Å². The molecule has 1 amide bonds. The van der Waals surface area contributed by atoms with Crippen LogP contribution in [0.5, 0.6) is 0 Å². The van der Waals surface area contributed by atoms with Gasteiger partial charge in [-0.25, -0.2) is 13.1 Å². The highest BCUT2D eigenvalue weighted by atomic mass is 32.2. The van der Waals surface area contributed by atoms with Crippen LogP contribution >= 0.6 is 0 Å². The maximum absolute atomic E-state index is 12.2. The fourth-order valence-electron chi connectivity index (χ4n) is 2.55. The van der Waals surface area contributed by atoms with Crippen LogP contribution in [-0.2, 0) is 16.6 Å². The fourth-order valence-corrected chi connectivity index (χ4v) is 3.04. The highest BCUT2D eigenvalue weighted by molar-refractivity contribution is 7.92. The zero-order chi connectivity index (χ0) is 19.3. The third kappa shape index (κ3) is 4.58. The summed E-state index contributed by atoms with van der Waals surface area (Å²) in [7, 11) is -2.12. The number of rotatable bonds is 8. The Morgan fingerprint density at radius 1 is 1.38 bits per heavy atom. The van der Waals surface area contributed by atoms with Crippen LogP contribution in [0.1, 0.15) is 35.2 Å². The number of hydrogen-bond acceptors (Lipinski definition) is 5. The van der Waals surface area contributed by atoms with Crippen LogP contribution in [0.3, 0.4) is 0 Å². The lowest BCUT2D eigenvalue weighted by atomic mass is 10.1. The second-order valence-electron chi connectivity index (χ2n) is 5.77. The Balaban J connectivity index is 2.09. The molecule has 3 N–H and O–H groups in total. The largest absolute Gasteiger partial charge is 0.347 e.